The van der Waals surface area contributed by atoms with Gasteiger partial charge in [-0.2, -0.15) is 5.10 Å². The van der Waals surface area contributed by atoms with Gasteiger partial charge in [0, 0.05) is 16.5 Å². The van der Waals surface area contributed by atoms with Gasteiger partial charge in [-0.05, 0) is 48.0 Å². The number of nitrogens with one attached hydrogen (secondary N) is 1. The minimum Gasteiger partial charge on any atom is -0.256 e. The average molecular weight is 529 g/mol. The van der Waals surface area contributed by atoms with Crippen molar-refractivity contribution >= 4 is 67.8 Å². The fourth-order valence-electron chi connectivity index (χ4n) is 3.43. The van der Waals surface area contributed by atoms with Crippen molar-refractivity contribution in [2.45, 2.75) is 17.4 Å². The Labute approximate surface area is 206 Å². The second kappa shape index (κ2) is 9.59. The van der Waals surface area contributed by atoms with Crippen LogP contribution in [-0.4, -0.2) is 20.7 Å². The lowest BCUT2D eigenvalue weighted by Gasteiger charge is -2.25. The second-order valence-electron chi connectivity index (χ2n) is 7.13. The zero-order valence-corrected chi connectivity index (χ0v) is 20.3. The largest absolute Gasteiger partial charge is 0.256 e. The molecule has 5 nitrogen and oxygen atoms in total. The van der Waals surface area contributed by atoms with Gasteiger partial charge in [0.05, 0.1) is 34.0 Å². The monoisotopic (exact) mass is 527 g/mol. The first kappa shape index (κ1) is 23.4. The van der Waals surface area contributed by atoms with Crippen LogP contribution in [0.25, 0.3) is 0 Å². The van der Waals surface area contributed by atoms with Crippen molar-refractivity contribution in [2.75, 3.05) is 11.6 Å². The molecule has 1 aliphatic heterocycles. The Morgan fingerprint density at radius 3 is 2.28 bits per heavy atom. The van der Waals surface area contributed by atoms with Crippen molar-refractivity contribution in [3.63, 3.8) is 0 Å². The standard InChI is InChI=1S/C22H17Cl4N3O2S/c23-15-7-5-14(6-8-15)21-12-17(28-29(21)20-10-9-16(24)11-19(20)26)13-27-32(30,31)22-4-2-1-3-18(22)25/h1-11,21,27H,12-13H2. The first-order valence-corrected chi connectivity index (χ1v) is 12.5. The van der Waals surface area contributed by atoms with Gasteiger partial charge in [0.25, 0.3) is 0 Å². The Morgan fingerprint density at radius 1 is 0.906 bits per heavy atom. The van der Waals surface area contributed by atoms with Crippen LogP contribution in [0.2, 0.25) is 20.1 Å². The molecule has 10 heteroatoms. The number of rotatable bonds is 6. The highest BCUT2D eigenvalue weighted by Gasteiger charge is 2.31. The molecule has 32 heavy (non-hydrogen) atoms. The minimum atomic E-state index is -3.80. The van der Waals surface area contributed by atoms with Crippen LogP contribution in [0.3, 0.4) is 0 Å². The number of nitrogens with zero attached hydrogens (tertiary/aromatic N) is 2. The molecule has 3 aromatic rings. The van der Waals surface area contributed by atoms with Gasteiger partial charge < -0.3 is 0 Å². The topological polar surface area (TPSA) is 61.8 Å². The fraction of sp³-hybridized carbons (Fsp3) is 0.136. The third-order valence-electron chi connectivity index (χ3n) is 4.98. The van der Waals surface area contributed by atoms with Gasteiger partial charge in [-0.15, -0.1) is 0 Å². The third-order valence-corrected chi connectivity index (χ3v) is 7.67. The van der Waals surface area contributed by atoms with E-state index in [4.69, 9.17) is 46.4 Å². The Bertz CT molecular complexity index is 1280. The summed E-state index contributed by atoms with van der Waals surface area (Å²) in [5.41, 5.74) is 2.28. The van der Waals surface area contributed by atoms with E-state index in [1.807, 2.05) is 12.1 Å². The van der Waals surface area contributed by atoms with E-state index >= 15 is 0 Å². The molecule has 1 N–H and O–H groups in total. The number of anilines is 1. The Hall–Kier alpha value is -1.80. The molecule has 4 rings (SSSR count). The lowest BCUT2D eigenvalue weighted by molar-refractivity contribution is 0.586. The third kappa shape index (κ3) is 5.06. The highest BCUT2D eigenvalue weighted by atomic mass is 35.5. The summed E-state index contributed by atoms with van der Waals surface area (Å²) in [5.74, 6) is 0. The number of sulfonamides is 1. The Morgan fingerprint density at radius 2 is 1.59 bits per heavy atom. The molecule has 0 fully saturated rings. The molecule has 1 unspecified atom stereocenters. The fourth-order valence-corrected chi connectivity index (χ4v) is 5.59. The number of halogens is 4. The average Bonchev–Trinajstić information content (AvgIpc) is 3.17. The summed E-state index contributed by atoms with van der Waals surface area (Å²) < 4.78 is 28.0. The van der Waals surface area contributed by atoms with Crippen molar-refractivity contribution < 1.29 is 8.42 Å². The lowest BCUT2D eigenvalue weighted by atomic mass is 10.0. The molecule has 0 aliphatic carbocycles. The van der Waals surface area contributed by atoms with E-state index in [0.717, 1.165) is 5.56 Å². The molecule has 0 aromatic heterocycles. The zero-order chi connectivity index (χ0) is 22.9. The highest BCUT2D eigenvalue weighted by molar-refractivity contribution is 7.89. The highest BCUT2D eigenvalue weighted by Crippen LogP contribution is 2.39. The van der Waals surface area contributed by atoms with Gasteiger partial charge in [-0.3, -0.25) is 5.01 Å². The summed E-state index contributed by atoms with van der Waals surface area (Å²) in [4.78, 5) is 0.0205. The number of hydrazone groups is 1. The first-order chi connectivity index (χ1) is 15.2. The molecule has 0 spiro atoms. The maximum absolute atomic E-state index is 12.7. The predicted octanol–water partition coefficient (Wildman–Crippen LogP) is 6.59. The van der Waals surface area contributed by atoms with Gasteiger partial charge in [0.15, 0.2) is 0 Å². The van der Waals surface area contributed by atoms with Gasteiger partial charge in [-0.25, -0.2) is 13.1 Å². The molecular formula is C22H17Cl4N3O2S. The van der Waals surface area contributed by atoms with Crippen LogP contribution < -0.4 is 9.73 Å². The summed E-state index contributed by atoms with van der Waals surface area (Å²) >= 11 is 24.6. The number of hydrogen-bond acceptors (Lipinski definition) is 4. The van der Waals surface area contributed by atoms with E-state index in [1.54, 1.807) is 47.5 Å². The molecule has 0 radical (unpaired) electrons. The van der Waals surface area contributed by atoms with E-state index in [9.17, 15) is 8.42 Å². The first-order valence-electron chi connectivity index (χ1n) is 9.55. The van der Waals surface area contributed by atoms with Crippen LogP contribution in [0.4, 0.5) is 5.69 Å². The van der Waals surface area contributed by atoms with Crippen LogP contribution >= 0.6 is 46.4 Å². The zero-order valence-electron chi connectivity index (χ0n) is 16.5. The summed E-state index contributed by atoms with van der Waals surface area (Å²) in [6.07, 6.45) is 0.492. The Balaban J connectivity index is 1.62. The molecule has 166 valence electrons. The SMILES string of the molecule is O=S(=O)(NCC1=NN(c2ccc(Cl)cc2Cl)C(c2ccc(Cl)cc2)C1)c1ccccc1Cl. The van der Waals surface area contributed by atoms with Crippen molar-refractivity contribution in [1.29, 1.82) is 0 Å². The molecule has 0 saturated heterocycles. The van der Waals surface area contributed by atoms with Gasteiger partial charge >= 0.3 is 0 Å². The van der Waals surface area contributed by atoms with E-state index in [1.165, 1.54) is 12.1 Å². The maximum Gasteiger partial charge on any atom is 0.242 e. The molecule has 1 atom stereocenters. The quantitative estimate of drug-likeness (QED) is 0.392. The van der Waals surface area contributed by atoms with Crippen LogP contribution in [0.15, 0.2) is 76.7 Å². The molecule has 1 heterocycles. The molecule has 0 amide bonds. The molecule has 1 aliphatic rings. The lowest BCUT2D eigenvalue weighted by Crippen LogP contribution is -2.29. The van der Waals surface area contributed by atoms with E-state index in [0.29, 0.717) is 32.9 Å². The summed E-state index contributed by atoms with van der Waals surface area (Å²) in [7, 11) is -3.80. The van der Waals surface area contributed by atoms with E-state index in [-0.39, 0.29) is 22.5 Å². The normalized spacial score (nSPS) is 16.3. The minimum absolute atomic E-state index is 0.0205. The van der Waals surface area contributed by atoms with Gasteiger partial charge in [0.2, 0.25) is 10.0 Å². The molecular weight excluding hydrogens is 512 g/mol. The van der Waals surface area contributed by atoms with E-state index < -0.39 is 10.0 Å². The van der Waals surface area contributed by atoms with Crippen molar-refractivity contribution in [3.05, 3.63) is 92.4 Å². The van der Waals surface area contributed by atoms with Crippen molar-refractivity contribution in [2.24, 2.45) is 5.10 Å². The second-order valence-corrected chi connectivity index (χ2v) is 10.6. The number of hydrogen-bond donors (Lipinski definition) is 1. The summed E-state index contributed by atoms with van der Waals surface area (Å²) in [5, 5.41) is 8.19. The predicted molar refractivity (Wildman–Crippen MR) is 132 cm³/mol. The smallest absolute Gasteiger partial charge is 0.242 e. The van der Waals surface area contributed by atoms with Gasteiger partial charge in [-0.1, -0.05) is 70.7 Å². The molecule has 3 aromatic carbocycles. The molecule has 0 saturated carbocycles. The Kier molecular flexibility index (Phi) is 7.00. The number of benzene rings is 3. The van der Waals surface area contributed by atoms with Crippen LogP contribution in [-0.2, 0) is 10.0 Å². The van der Waals surface area contributed by atoms with Crippen LogP contribution in [0.5, 0.6) is 0 Å². The van der Waals surface area contributed by atoms with Crippen molar-refractivity contribution in [1.82, 2.24) is 4.72 Å². The van der Waals surface area contributed by atoms with Crippen molar-refractivity contribution in [3.8, 4) is 0 Å². The summed E-state index contributed by atoms with van der Waals surface area (Å²) in [6, 6.07) is 18.7. The molecule has 0 bridgehead atoms. The summed E-state index contributed by atoms with van der Waals surface area (Å²) in [6.45, 7) is 0.0271. The van der Waals surface area contributed by atoms with Crippen LogP contribution in [0, 0.1) is 0 Å². The van der Waals surface area contributed by atoms with Crippen LogP contribution in [0.1, 0.15) is 18.0 Å². The maximum atomic E-state index is 12.7. The van der Waals surface area contributed by atoms with E-state index in [2.05, 4.69) is 9.82 Å². The van der Waals surface area contributed by atoms with Gasteiger partial charge in [0.1, 0.15) is 4.90 Å².